The molecule has 15 heavy (non-hydrogen) atoms. The highest BCUT2D eigenvalue weighted by atomic mass is 16.7. The van der Waals surface area contributed by atoms with Gasteiger partial charge in [-0.2, -0.15) is 0 Å². The second-order valence-corrected chi connectivity index (χ2v) is 4.22. The first-order valence-electron chi connectivity index (χ1n) is 4.99. The van der Waals surface area contributed by atoms with Crippen LogP contribution >= 0.6 is 0 Å². The molecule has 1 atom stereocenters. The van der Waals surface area contributed by atoms with Crippen molar-refractivity contribution in [3.63, 3.8) is 0 Å². The van der Waals surface area contributed by atoms with E-state index in [2.05, 4.69) is 5.16 Å². The number of hydrogen-bond donors (Lipinski definition) is 1. The summed E-state index contributed by atoms with van der Waals surface area (Å²) in [6, 6.07) is 0. The highest BCUT2D eigenvalue weighted by Crippen LogP contribution is 2.15. The fourth-order valence-electron chi connectivity index (χ4n) is 1.13. The standard InChI is InChI=1S/C10H17NO4/c1-7-6-14-5-4-8(7)11-15-10(2,3)9(12)13/h7H,4-6H2,1-3H3,(H,12,13)/b11-8+. The summed E-state index contributed by atoms with van der Waals surface area (Å²) in [5.74, 6) is -0.824. The first kappa shape index (κ1) is 12.0. The maximum Gasteiger partial charge on any atom is 0.350 e. The molecule has 1 aliphatic heterocycles. The van der Waals surface area contributed by atoms with Gasteiger partial charge < -0.3 is 14.7 Å². The van der Waals surface area contributed by atoms with Crippen LogP contribution in [-0.2, 0) is 14.4 Å². The first-order valence-corrected chi connectivity index (χ1v) is 4.99. The van der Waals surface area contributed by atoms with E-state index in [9.17, 15) is 4.79 Å². The van der Waals surface area contributed by atoms with Gasteiger partial charge in [0.15, 0.2) is 0 Å². The largest absolute Gasteiger partial charge is 0.478 e. The lowest BCUT2D eigenvalue weighted by atomic mass is 10.0. The Kier molecular flexibility index (Phi) is 3.68. The number of carboxylic acids is 1. The molecule has 0 aromatic carbocycles. The van der Waals surface area contributed by atoms with Crippen LogP contribution in [0.2, 0.25) is 0 Å². The van der Waals surface area contributed by atoms with Crippen LogP contribution in [0.25, 0.3) is 0 Å². The van der Waals surface area contributed by atoms with Crippen molar-refractivity contribution >= 4 is 11.7 Å². The van der Waals surface area contributed by atoms with E-state index >= 15 is 0 Å². The van der Waals surface area contributed by atoms with Gasteiger partial charge in [0.05, 0.1) is 18.9 Å². The summed E-state index contributed by atoms with van der Waals surface area (Å²) in [4.78, 5) is 15.8. The lowest BCUT2D eigenvalue weighted by Crippen LogP contribution is -2.34. The van der Waals surface area contributed by atoms with Crippen LogP contribution in [0.1, 0.15) is 27.2 Å². The Labute approximate surface area is 89.1 Å². The molecule has 0 aromatic rings. The molecule has 0 aliphatic carbocycles. The summed E-state index contributed by atoms with van der Waals surface area (Å²) >= 11 is 0. The van der Waals surface area contributed by atoms with Crippen LogP contribution < -0.4 is 0 Å². The number of nitrogens with zero attached hydrogens (tertiary/aromatic N) is 1. The minimum absolute atomic E-state index is 0.198. The number of hydrogen-bond acceptors (Lipinski definition) is 4. The summed E-state index contributed by atoms with van der Waals surface area (Å²) in [6.07, 6.45) is 0.705. The average Bonchev–Trinajstić information content (AvgIpc) is 2.16. The molecule has 1 heterocycles. The predicted octanol–water partition coefficient (Wildman–Crippen LogP) is 1.28. The van der Waals surface area contributed by atoms with Crippen molar-refractivity contribution in [3.05, 3.63) is 0 Å². The predicted molar refractivity (Wildman–Crippen MR) is 54.8 cm³/mol. The van der Waals surface area contributed by atoms with E-state index in [4.69, 9.17) is 14.7 Å². The van der Waals surface area contributed by atoms with E-state index in [1.54, 1.807) is 0 Å². The fraction of sp³-hybridized carbons (Fsp3) is 0.800. The average molecular weight is 215 g/mol. The molecule has 0 aromatic heterocycles. The summed E-state index contributed by atoms with van der Waals surface area (Å²) in [6.45, 7) is 6.18. The third kappa shape index (κ3) is 3.20. The molecule has 1 N–H and O–H groups in total. The molecular weight excluding hydrogens is 198 g/mol. The Morgan fingerprint density at radius 3 is 2.87 bits per heavy atom. The van der Waals surface area contributed by atoms with Crippen LogP contribution in [0.4, 0.5) is 0 Å². The van der Waals surface area contributed by atoms with Crippen molar-refractivity contribution in [2.24, 2.45) is 11.1 Å². The monoisotopic (exact) mass is 215 g/mol. The number of oxime groups is 1. The summed E-state index contributed by atoms with van der Waals surface area (Å²) < 4.78 is 5.24. The Bertz CT molecular complexity index is 273. The summed E-state index contributed by atoms with van der Waals surface area (Å²) in [5.41, 5.74) is -0.402. The van der Waals surface area contributed by atoms with Gasteiger partial charge in [-0.05, 0) is 13.8 Å². The number of rotatable bonds is 3. The van der Waals surface area contributed by atoms with Gasteiger partial charge in [-0.25, -0.2) is 4.79 Å². The van der Waals surface area contributed by atoms with Gasteiger partial charge in [-0.15, -0.1) is 0 Å². The quantitative estimate of drug-likeness (QED) is 0.720. The molecule has 1 saturated heterocycles. The zero-order chi connectivity index (χ0) is 11.5. The Morgan fingerprint density at radius 1 is 1.67 bits per heavy atom. The van der Waals surface area contributed by atoms with Crippen molar-refractivity contribution in [2.75, 3.05) is 13.2 Å². The summed E-state index contributed by atoms with van der Waals surface area (Å²) in [7, 11) is 0. The second-order valence-electron chi connectivity index (χ2n) is 4.22. The lowest BCUT2D eigenvalue weighted by molar-refractivity contribution is -0.161. The molecular formula is C10H17NO4. The molecule has 1 fully saturated rings. The Balaban J connectivity index is 2.59. The molecule has 0 saturated carbocycles. The molecule has 0 amide bonds. The van der Waals surface area contributed by atoms with Gasteiger partial charge in [0.1, 0.15) is 0 Å². The SMILES string of the molecule is CC1COCC/C1=N\OC(C)(C)C(=O)O. The van der Waals surface area contributed by atoms with Gasteiger partial charge in [0.25, 0.3) is 0 Å². The smallest absolute Gasteiger partial charge is 0.350 e. The highest BCUT2D eigenvalue weighted by molar-refractivity contribution is 5.87. The third-order valence-electron chi connectivity index (χ3n) is 2.35. The van der Waals surface area contributed by atoms with E-state index in [0.717, 1.165) is 5.71 Å². The topological polar surface area (TPSA) is 68.1 Å². The van der Waals surface area contributed by atoms with Crippen molar-refractivity contribution in [1.29, 1.82) is 0 Å². The minimum Gasteiger partial charge on any atom is -0.478 e. The van der Waals surface area contributed by atoms with E-state index < -0.39 is 11.6 Å². The molecule has 0 spiro atoms. The van der Waals surface area contributed by atoms with E-state index in [0.29, 0.717) is 19.6 Å². The lowest BCUT2D eigenvalue weighted by Gasteiger charge is -2.22. The van der Waals surface area contributed by atoms with Gasteiger partial charge >= 0.3 is 5.97 Å². The maximum absolute atomic E-state index is 10.8. The number of aliphatic carboxylic acids is 1. The molecule has 0 radical (unpaired) electrons. The van der Waals surface area contributed by atoms with E-state index in [1.165, 1.54) is 13.8 Å². The third-order valence-corrected chi connectivity index (χ3v) is 2.35. The maximum atomic E-state index is 10.8. The van der Waals surface area contributed by atoms with Gasteiger partial charge in [0.2, 0.25) is 5.60 Å². The Hall–Kier alpha value is -1.10. The normalized spacial score (nSPS) is 25.3. The number of ether oxygens (including phenoxy) is 1. The summed E-state index contributed by atoms with van der Waals surface area (Å²) in [5, 5.41) is 12.7. The van der Waals surface area contributed by atoms with Crippen molar-refractivity contribution in [2.45, 2.75) is 32.8 Å². The van der Waals surface area contributed by atoms with Crippen molar-refractivity contribution < 1.29 is 19.5 Å². The van der Waals surface area contributed by atoms with Gasteiger partial charge in [-0.3, -0.25) is 0 Å². The highest BCUT2D eigenvalue weighted by Gasteiger charge is 2.30. The van der Waals surface area contributed by atoms with E-state index in [-0.39, 0.29) is 5.92 Å². The molecule has 5 nitrogen and oxygen atoms in total. The van der Waals surface area contributed by atoms with Crippen LogP contribution in [0.5, 0.6) is 0 Å². The second kappa shape index (κ2) is 4.61. The Morgan fingerprint density at radius 2 is 2.33 bits per heavy atom. The molecule has 1 unspecified atom stereocenters. The zero-order valence-corrected chi connectivity index (χ0v) is 9.32. The number of carbonyl (C=O) groups is 1. The van der Waals surface area contributed by atoms with Crippen LogP contribution in [0.15, 0.2) is 5.16 Å². The van der Waals surface area contributed by atoms with Crippen LogP contribution in [0, 0.1) is 5.92 Å². The van der Waals surface area contributed by atoms with Crippen molar-refractivity contribution in [3.8, 4) is 0 Å². The number of carboxylic acid groups (broad SMARTS) is 1. The van der Waals surface area contributed by atoms with Crippen molar-refractivity contribution in [1.82, 2.24) is 0 Å². The molecule has 86 valence electrons. The minimum atomic E-state index is -1.27. The van der Waals surface area contributed by atoms with Crippen LogP contribution in [-0.4, -0.2) is 35.6 Å². The fourth-order valence-corrected chi connectivity index (χ4v) is 1.13. The molecule has 1 rings (SSSR count). The van der Waals surface area contributed by atoms with Crippen LogP contribution in [0.3, 0.4) is 0 Å². The van der Waals surface area contributed by atoms with Gasteiger partial charge in [-0.1, -0.05) is 12.1 Å². The zero-order valence-electron chi connectivity index (χ0n) is 9.32. The van der Waals surface area contributed by atoms with E-state index in [1.807, 2.05) is 6.92 Å². The first-order chi connectivity index (χ1) is 6.93. The van der Waals surface area contributed by atoms with Gasteiger partial charge in [0, 0.05) is 12.3 Å². The molecule has 5 heteroatoms. The molecule has 0 bridgehead atoms. The molecule has 1 aliphatic rings.